The van der Waals surface area contributed by atoms with Crippen LogP contribution in [-0.2, 0) is 13.2 Å². The van der Waals surface area contributed by atoms with Gasteiger partial charge < -0.3 is 0 Å². The fourth-order valence-electron chi connectivity index (χ4n) is 2.59. The van der Waals surface area contributed by atoms with Crippen LogP contribution in [0.3, 0.4) is 0 Å². The van der Waals surface area contributed by atoms with Crippen molar-refractivity contribution in [2.24, 2.45) is 0 Å². The molecule has 2 heterocycles. The van der Waals surface area contributed by atoms with Crippen LogP contribution in [0, 0.1) is 0 Å². The summed E-state index contributed by atoms with van der Waals surface area (Å²) < 4.78 is 10.1. The molecule has 0 bridgehead atoms. The van der Waals surface area contributed by atoms with Gasteiger partial charge in [-0.2, -0.15) is 0 Å². The van der Waals surface area contributed by atoms with Crippen molar-refractivity contribution < 1.29 is 19.5 Å². The van der Waals surface area contributed by atoms with Crippen molar-refractivity contribution in [2.75, 3.05) is 0 Å². The van der Waals surface area contributed by atoms with E-state index in [9.17, 15) is 0 Å². The summed E-state index contributed by atoms with van der Waals surface area (Å²) in [5.41, 5.74) is 2.34. The van der Waals surface area contributed by atoms with Gasteiger partial charge >= 0.3 is 222 Å². The summed E-state index contributed by atoms with van der Waals surface area (Å²) >= 11 is 1.77. The number of benzene rings is 2. The molecule has 2 aromatic heterocycles. The first-order chi connectivity index (χ1) is 14.6. The van der Waals surface area contributed by atoms with Gasteiger partial charge in [-0.1, -0.05) is 0 Å². The number of rotatable bonds is 6. The number of hydrogen-bond acceptors (Lipinski definition) is 5. The van der Waals surface area contributed by atoms with E-state index in [1.807, 2.05) is 42.5 Å². The van der Waals surface area contributed by atoms with Crippen LogP contribution in [0.4, 0.5) is 0 Å². The summed E-state index contributed by atoms with van der Waals surface area (Å²) in [6.07, 6.45) is 0. The molecule has 1 atom stereocenters. The fourth-order valence-corrected chi connectivity index (χ4v) is 6.81. The molecule has 0 amide bonds. The summed E-state index contributed by atoms with van der Waals surface area (Å²) in [5.74, 6) is 1.14. The van der Waals surface area contributed by atoms with Crippen LogP contribution in [0.2, 0.25) is 0 Å². The molecule has 3 N–H and O–H groups in total. The van der Waals surface area contributed by atoms with E-state index in [2.05, 4.69) is 26.6 Å². The minimum absolute atomic E-state index is 0. The third-order valence-corrected chi connectivity index (χ3v) is 9.34. The number of aliphatic hydroxyl groups is 2. The Kier molecular flexibility index (Phi) is 12.2. The number of phenols is 1. The van der Waals surface area contributed by atoms with E-state index >= 15 is 0 Å². The van der Waals surface area contributed by atoms with Gasteiger partial charge in [0.2, 0.25) is 0 Å². The molecule has 1 radical (unpaired) electrons. The Morgan fingerprint density at radius 1 is 0.710 bits per heavy atom. The van der Waals surface area contributed by atoms with E-state index in [1.165, 1.54) is 26.1 Å². The molecule has 0 fully saturated rings. The van der Waals surface area contributed by atoms with E-state index in [1.54, 1.807) is 12.1 Å². The first-order valence-electron chi connectivity index (χ1n) is 8.95. The molecule has 31 heavy (non-hydrogen) atoms. The molecule has 4 rings (SSSR count). The standard InChI is InChI=1S/C11H11O2PSSe.C11H10O2Se.Tl.2H/c12-7-10-5-6-11(16-10)8-1-3-9(4-2-8)13-15-14;12-7-10-5-6-11(14-10)8-1-3-9(13)4-2-8;;;/h1-6,12H,7,14H2;1-6,12-13H,7H2;;;. The molecule has 0 saturated carbocycles. The normalized spacial score (nSPS) is 10.0. The fraction of sp³-hybridized carbons (Fsp3) is 0.0909. The average molecular weight is 777 g/mol. The molecule has 4 nitrogen and oxygen atoms in total. The second kappa shape index (κ2) is 14.0. The van der Waals surface area contributed by atoms with Gasteiger partial charge in [-0.05, 0) is 0 Å². The first kappa shape index (κ1) is 26.9. The molecule has 0 aliphatic heterocycles. The predicted octanol–water partition coefficient (Wildman–Crippen LogP) is 3.41. The molecule has 1 unspecified atom stereocenters. The quantitative estimate of drug-likeness (QED) is 0.159. The number of phenolic OH excluding ortho intramolecular Hbond substituents is 1. The Hall–Kier alpha value is -0.339. The molecule has 0 aliphatic carbocycles. The second-order valence-electron chi connectivity index (χ2n) is 6.10. The molecular weight excluding hydrogens is 754 g/mol. The summed E-state index contributed by atoms with van der Waals surface area (Å²) in [4.78, 5) is 0. The molecular formula is C22H23O4PSSe2Tl. The van der Waals surface area contributed by atoms with Gasteiger partial charge in [0.15, 0.2) is 0 Å². The number of hydrogen-bond donors (Lipinski definition) is 3. The van der Waals surface area contributed by atoms with Gasteiger partial charge in [0, 0.05) is 0 Å². The molecule has 0 spiro atoms. The molecule has 2 aromatic carbocycles. The second-order valence-corrected chi connectivity index (χ2v) is 11.9. The number of aromatic hydroxyl groups is 1. The third kappa shape index (κ3) is 8.18. The van der Waals surface area contributed by atoms with E-state index in [-0.39, 0.29) is 75.3 Å². The van der Waals surface area contributed by atoms with Crippen LogP contribution in [-0.4, -0.2) is 71.6 Å². The monoisotopic (exact) mass is 779 g/mol. The first-order valence-corrected chi connectivity index (χ1v) is 14.6. The van der Waals surface area contributed by atoms with E-state index in [0.29, 0.717) is 0 Å². The third-order valence-electron chi connectivity index (χ3n) is 4.07. The van der Waals surface area contributed by atoms with Crippen molar-refractivity contribution in [3.63, 3.8) is 0 Å². The van der Waals surface area contributed by atoms with Gasteiger partial charge in [0.1, 0.15) is 0 Å². The van der Waals surface area contributed by atoms with Crippen LogP contribution in [0.5, 0.6) is 11.5 Å². The topological polar surface area (TPSA) is 69.9 Å². The van der Waals surface area contributed by atoms with Crippen molar-refractivity contribution in [1.29, 1.82) is 0 Å². The molecule has 161 valence electrons. The molecule has 9 heteroatoms. The van der Waals surface area contributed by atoms with Crippen molar-refractivity contribution in [3.8, 4) is 31.5 Å². The Labute approximate surface area is 220 Å². The Morgan fingerprint density at radius 3 is 1.55 bits per heavy atom. The molecule has 0 aliphatic rings. The summed E-state index contributed by atoms with van der Waals surface area (Å²) in [6.45, 7) is 0.322. The molecule has 0 saturated heterocycles. The maximum atomic E-state index is 9.13. The van der Waals surface area contributed by atoms with Crippen LogP contribution >= 0.6 is 20.1 Å². The van der Waals surface area contributed by atoms with Crippen molar-refractivity contribution in [1.82, 2.24) is 0 Å². The van der Waals surface area contributed by atoms with Gasteiger partial charge in [0.05, 0.1) is 0 Å². The van der Waals surface area contributed by atoms with Crippen molar-refractivity contribution >= 4 is 76.4 Å². The van der Waals surface area contributed by atoms with Gasteiger partial charge in [-0.15, -0.1) is 0 Å². The minimum atomic E-state index is 0. The van der Waals surface area contributed by atoms with E-state index in [4.69, 9.17) is 19.5 Å². The Morgan fingerprint density at radius 2 is 1.16 bits per heavy atom. The van der Waals surface area contributed by atoms with Crippen LogP contribution in [0.25, 0.3) is 20.0 Å². The number of aliphatic hydroxyl groups excluding tert-OH is 2. The predicted molar refractivity (Wildman–Crippen MR) is 138 cm³/mol. The zero-order chi connectivity index (χ0) is 21.3. The van der Waals surface area contributed by atoms with Gasteiger partial charge in [0.25, 0.3) is 0 Å². The Bertz CT molecular complexity index is 1050. The molecule has 4 aromatic rings. The SMILES string of the molecule is OCc1ccc(-c2ccc(O)cc2)[se]1.OCc1ccc(-c2ccc(OSP)cc2)[se]1.[TlH2]. The van der Waals surface area contributed by atoms with Crippen LogP contribution in [0.1, 0.15) is 8.87 Å². The zero-order valence-corrected chi connectivity index (χ0v) is 30.1. The van der Waals surface area contributed by atoms with E-state index in [0.717, 1.165) is 20.2 Å². The average Bonchev–Trinajstić information content (AvgIpc) is 3.45. The summed E-state index contributed by atoms with van der Waals surface area (Å²) in [7, 11) is 2.45. The summed E-state index contributed by atoms with van der Waals surface area (Å²) in [6, 6.07) is 23.3. The summed E-state index contributed by atoms with van der Waals surface area (Å²) in [5, 5.41) is 27.1. The maximum absolute atomic E-state index is 9.13. The zero-order valence-electron chi connectivity index (χ0n) is 16.9. The van der Waals surface area contributed by atoms with Crippen molar-refractivity contribution in [3.05, 3.63) is 81.7 Å². The van der Waals surface area contributed by atoms with Crippen molar-refractivity contribution in [2.45, 2.75) is 13.2 Å². The van der Waals surface area contributed by atoms with Crippen LogP contribution < -0.4 is 4.18 Å². The van der Waals surface area contributed by atoms with E-state index < -0.39 is 0 Å². The van der Waals surface area contributed by atoms with Crippen LogP contribution in [0.15, 0.2) is 72.8 Å². The van der Waals surface area contributed by atoms with Gasteiger partial charge in [-0.3, -0.25) is 0 Å². The Balaban J connectivity index is 0.000000215. The van der Waals surface area contributed by atoms with Gasteiger partial charge in [-0.25, -0.2) is 0 Å².